The molecule has 0 bridgehead atoms. The average Bonchev–Trinajstić information content (AvgIpc) is 2.90. The Kier molecular flexibility index (Phi) is 6.91. The Hall–Kier alpha value is -2.07. The maximum absolute atomic E-state index is 15.2. The Morgan fingerprint density at radius 1 is 0.697 bits per heavy atom. The molecule has 1 heterocycles. The zero-order valence-electron chi connectivity index (χ0n) is 18.1. The predicted octanol–water partition coefficient (Wildman–Crippen LogP) is 6.91. The van der Waals surface area contributed by atoms with Gasteiger partial charge in [0.1, 0.15) is 0 Å². The normalized spacial score (nSPS) is 18.5. The molecule has 2 atom stereocenters. The van der Waals surface area contributed by atoms with Gasteiger partial charge in [0, 0.05) is 0 Å². The monoisotopic (exact) mass is 584 g/mol. The van der Waals surface area contributed by atoms with Crippen LogP contribution < -0.4 is 10.6 Å². The number of hydrogen-bond donors (Lipinski definition) is 0. The van der Waals surface area contributed by atoms with E-state index in [9.17, 15) is 0 Å². The topological polar surface area (TPSA) is 17.1 Å². The van der Waals surface area contributed by atoms with Crippen LogP contribution in [0.2, 0.25) is 5.02 Å². The van der Waals surface area contributed by atoms with Crippen LogP contribution in [0.4, 0.5) is 0 Å². The van der Waals surface area contributed by atoms with E-state index in [1.165, 1.54) is 16.7 Å². The molecule has 0 saturated carbocycles. The SMILES string of the molecule is O=P(c1ccccc1)(c1ccccc1)[C@H]1[Te]C=C(c2ccccc2)C[C@@H]1c1ccc(Cl)cc1. The third-order valence-electron chi connectivity index (χ3n) is 6.21. The summed E-state index contributed by atoms with van der Waals surface area (Å²) in [5, 5.41) is 2.65. The van der Waals surface area contributed by atoms with E-state index < -0.39 is 28.1 Å². The summed E-state index contributed by atoms with van der Waals surface area (Å²) in [5.41, 5.74) is 3.87. The first-order chi connectivity index (χ1) is 16.2. The van der Waals surface area contributed by atoms with Crippen LogP contribution in [-0.4, -0.2) is 24.6 Å². The van der Waals surface area contributed by atoms with E-state index in [1.54, 1.807) is 0 Å². The fraction of sp³-hybridized carbons (Fsp3) is 0.103. The Balaban J connectivity index is 1.67. The Labute approximate surface area is 211 Å². The molecule has 5 rings (SSSR count). The summed E-state index contributed by atoms with van der Waals surface area (Å²) in [6.07, 6.45) is 0.880. The second kappa shape index (κ2) is 10.0. The third kappa shape index (κ3) is 4.64. The van der Waals surface area contributed by atoms with Gasteiger partial charge in [0.25, 0.3) is 0 Å². The van der Waals surface area contributed by atoms with Gasteiger partial charge in [0.2, 0.25) is 0 Å². The summed E-state index contributed by atoms with van der Waals surface area (Å²) in [6.45, 7) is 0. The molecule has 1 aliphatic rings. The molecule has 1 nitrogen and oxygen atoms in total. The molecule has 0 fully saturated rings. The van der Waals surface area contributed by atoms with E-state index in [1.807, 2.05) is 48.5 Å². The quantitative estimate of drug-likeness (QED) is 0.185. The van der Waals surface area contributed by atoms with Crippen LogP contribution in [0.25, 0.3) is 5.57 Å². The van der Waals surface area contributed by atoms with Gasteiger partial charge in [-0.3, -0.25) is 0 Å². The van der Waals surface area contributed by atoms with Gasteiger partial charge >= 0.3 is 212 Å². The fourth-order valence-corrected chi connectivity index (χ4v) is 14.5. The molecule has 0 saturated heterocycles. The summed E-state index contributed by atoms with van der Waals surface area (Å²) < 4.78 is 17.8. The molecule has 1 aliphatic heterocycles. The summed E-state index contributed by atoms with van der Waals surface area (Å²) in [7, 11) is -2.87. The van der Waals surface area contributed by atoms with E-state index in [0.717, 1.165) is 22.1 Å². The van der Waals surface area contributed by atoms with Gasteiger partial charge in [0.05, 0.1) is 0 Å². The van der Waals surface area contributed by atoms with E-state index in [0.29, 0.717) is 0 Å². The molecule has 0 N–H and O–H groups in total. The maximum atomic E-state index is 15.2. The number of allylic oxidation sites excluding steroid dienone is 1. The second-order valence-corrected chi connectivity index (χ2v) is 15.6. The first-order valence-electron chi connectivity index (χ1n) is 11.0. The number of halogens is 1. The molecule has 4 aromatic rings. The van der Waals surface area contributed by atoms with Crippen LogP contribution in [0.5, 0.6) is 0 Å². The standard InChI is InChI=1S/C29H24ClOPTe/c30-25-18-16-23(17-19-25)28-20-24(22-10-4-1-5-11-22)21-33-29(28)32(31,26-12-6-2-7-13-26)27-14-8-3-9-15-27/h1-19,21,28-29H,20H2/t28-,29+/m1/s1. The van der Waals surface area contributed by atoms with E-state index in [-0.39, 0.29) is 9.62 Å². The summed E-state index contributed by atoms with van der Waals surface area (Å²) >= 11 is 5.52. The summed E-state index contributed by atoms with van der Waals surface area (Å²) in [5.74, 6) is 0.177. The van der Waals surface area contributed by atoms with Gasteiger partial charge in [-0.1, -0.05) is 0 Å². The summed E-state index contributed by atoms with van der Waals surface area (Å²) in [4.78, 5) is 0. The van der Waals surface area contributed by atoms with Crippen molar-refractivity contribution in [3.63, 3.8) is 0 Å². The molecular weight excluding hydrogens is 558 g/mol. The van der Waals surface area contributed by atoms with Crippen LogP contribution in [0, 0.1) is 0 Å². The van der Waals surface area contributed by atoms with Crippen molar-refractivity contribution in [2.75, 3.05) is 0 Å². The molecule has 0 unspecified atom stereocenters. The van der Waals surface area contributed by atoms with Crippen molar-refractivity contribution < 1.29 is 4.57 Å². The first kappa shape index (κ1) is 22.7. The molecule has 0 amide bonds. The Morgan fingerprint density at radius 3 is 1.76 bits per heavy atom. The van der Waals surface area contributed by atoms with E-state index >= 15 is 4.57 Å². The summed E-state index contributed by atoms with van der Waals surface area (Å²) in [6, 6.07) is 39.1. The van der Waals surface area contributed by atoms with Gasteiger partial charge in [-0.25, -0.2) is 0 Å². The van der Waals surface area contributed by atoms with Crippen LogP contribution in [0.15, 0.2) is 119 Å². The zero-order valence-corrected chi connectivity index (χ0v) is 22.0. The molecule has 33 heavy (non-hydrogen) atoms. The molecule has 0 spiro atoms. The fourth-order valence-electron chi connectivity index (χ4n) is 4.54. The minimum absolute atomic E-state index is 0.0985. The number of hydrogen-bond acceptors (Lipinski definition) is 1. The first-order valence-corrected chi connectivity index (χ1v) is 15.9. The van der Waals surface area contributed by atoms with Crippen LogP contribution in [-0.2, 0) is 4.57 Å². The molecule has 164 valence electrons. The molecule has 0 aromatic heterocycles. The van der Waals surface area contributed by atoms with Gasteiger partial charge in [0.15, 0.2) is 0 Å². The van der Waals surface area contributed by atoms with E-state index in [2.05, 4.69) is 70.9 Å². The Morgan fingerprint density at radius 2 is 1.21 bits per heavy atom. The molecule has 4 heteroatoms. The average molecular weight is 583 g/mol. The molecular formula is C29H24ClOPTe. The van der Waals surface area contributed by atoms with Crippen LogP contribution in [0.1, 0.15) is 23.5 Å². The van der Waals surface area contributed by atoms with Gasteiger partial charge < -0.3 is 0 Å². The number of benzene rings is 4. The molecule has 0 radical (unpaired) electrons. The van der Waals surface area contributed by atoms with Crippen molar-refractivity contribution in [1.82, 2.24) is 0 Å². The molecule has 0 aliphatic carbocycles. The third-order valence-corrected chi connectivity index (χ3v) is 16.0. The van der Waals surface area contributed by atoms with Crippen molar-refractivity contribution in [3.05, 3.63) is 136 Å². The second-order valence-electron chi connectivity index (χ2n) is 8.23. The van der Waals surface area contributed by atoms with Gasteiger partial charge in [-0.15, -0.1) is 0 Å². The van der Waals surface area contributed by atoms with Crippen molar-refractivity contribution in [3.8, 4) is 0 Å². The van der Waals surface area contributed by atoms with Crippen molar-refractivity contribution in [2.45, 2.75) is 16.0 Å². The zero-order chi connectivity index (χ0) is 22.7. The van der Waals surface area contributed by atoms with Crippen molar-refractivity contribution >= 4 is 55.8 Å². The van der Waals surface area contributed by atoms with Crippen LogP contribution >= 0.6 is 18.7 Å². The van der Waals surface area contributed by atoms with Gasteiger partial charge in [-0.05, 0) is 0 Å². The molecule has 4 aromatic carbocycles. The van der Waals surface area contributed by atoms with Gasteiger partial charge in [-0.2, -0.15) is 0 Å². The van der Waals surface area contributed by atoms with E-state index in [4.69, 9.17) is 11.6 Å². The minimum atomic E-state index is -2.87. The van der Waals surface area contributed by atoms with Crippen molar-refractivity contribution in [1.29, 1.82) is 0 Å². The van der Waals surface area contributed by atoms with Crippen LogP contribution in [0.3, 0.4) is 0 Å². The predicted molar refractivity (Wildman–Crippen MR) is 143 cm³/mol. The number of rotatable bonds is 5. The van der Waals surface area contributed by atoms with Crippen molar-refractivity contribution in [2.24, 2.45) is 0 Å². The Bertz CT molecular complexity index is 1240.